The summed E-state index contributed by atoms with van der Waals surface area (Å²) in [5, 5.41) is 7.31. The van der Waals surface area contributed by atoms with Gasteiger partial charge in [0.1, 0.15) is 30.5 Å². The minimum atomic E-state index is -0.897. The van der Waals surface area contributed by atoms with E-state index in [0.717, 1.165) is 23.5 Å². The molecule has 0 spiro atoms. The van der Waals surface area contributed by atoms with E-state index in [0.29, 0.717) is 15.8 Å². The van der Waals surface area contributed by atoms with Crippen molar-refractivity contribution in [2.45, 2.75) is 19.4 Å². The van der Waals surface area contributed by atoms with Crippen LogP contribution >= 0.6 is 11.3 Å². The summed E-state index contributed by atoms with van der Waals surface area (Å²) < 4.78 is 8.08. The molecular weight excluding hydrogens is 378 g/mol. The molecule has 0 atom stereocenters. The Labute approximate surface area is 164 Å². The van der Waals surface area contributed by atoms with Gasteiger partial charge in [-0.25, -0.2) is 9.67 Å². The molecule has 0 aliphatic carbocycles. The number of ether oxygens (including phenoxy) is 1. The lowest BCUT2D eigenvalue weighted by Crippen LogP contribution is -2.36. The number of benzene rings is 1. The molecule has 4 rings (SSSR count). The summed E-state index contributed by atoms with van der Waals surface area (Å²) in [6.07, 6.45) is 6.11. The third-order valence-corrected chi connectivity index (χ3v) is 5.48. The first-order valence-electron chi connectivity index (χ1n) is 8.76. The number of Topliss-reactive ketones (excluding diaryl/α,β-unsaturated/α-hetero) is 1. The van der Waals surface area contributed by atoms with E-state index in [1.165, 1.54) is 34.7 Å². The zero-order chi connectivity index (χ0) is 19.7. The number of nitrogens with zero attached hydrogens (tertiary/aromatic N) is 3. The number of thiazole rings is 1. The van der Waals surface area contributed by atoms with Crippen LogP contribution in [0.5, 0.6) is 5.75 Å². The highest BCUT2D eigenvalue weighted by Gasteiger charge is 2.28. The van der Waals surface area contributed by atoms with Crippen LogP contribution in [0.2, 0.25) is 0 Å². The van der Waals surface area contributed by atoms with Gasteiger partial charge in [-0.1, -0.05) is 6.07 Å². The van der Waals surface area contributed by atoms with Crippen LogP contribution in [0.4, 0.5) is 5.69 Å². The van der Waals surface area contributed by atoms with Gasteiger partial charge in [0, 0.05) is 12.6 Å². The van der Waals surface area contributed by atoms with Crippen LogP contribution in [-0.4, -0.2) is 38.7 Å². The second kappa shape index (κ2) is 7.08. The zero-order valence-electron chi connectivity index (χ0n) is 15.4. The number of ketones is 1. The Morgan fingerprint density at radius 3 is 3.04 bits per heavy atom. The fraction of sp³-hybridized carbons (Fsp3) is 0.263. The normalized spacial score (nSPS) is 15.1. The molecule has 0 fully saturated rings. The number of nitrogens with one attached hydrogen (secondary N) is 2. The average molecular weight is 397 g/mol. The summed E-state index contributed by atoms with van der Waals surface area (Å²) in [5.74, 6) is 0.621. The number of aromatic amines is 1. The summed E-state index contributed by atoms with van der Waals surface area (Å²) in [4.78, 5) is 31.6. The van der Waals surface area contributed by atoms with Crippen molar-refractivity contribution in [1.29, 1.82) is 0 Å². The van der Waals surface area contributed by atoms with Gasteiger partial charge in [0.25, 0.3) is 5.56 Å². The van der Waals surface area contributed by atoms with Gasteiger partial charge in [0.2, 0.25) is 0 Å². The predicted molar refractivity (Wildman–Crippen MR) is 107 cm³/mol. The van der Waals surface area contributed by atoms with Crippen molar-refractivity contribution >= 4 is 35.0 Å². The lowest BCUT2D eigenvalue weighted by atomic mass is 10.00. The lowest BCUT2D eigenvalue weighted by Gasteiger charge is -2.20. The summed E-state index contributed by atoms with van der Waals surface area (Å²) in [6.45, 7) is 4.89. The monoisotopic (exact) mass is 397 g/mol. The van der Waals surface area contributed by atoms with E-state index in [1.807, 2.05) is 18.2 Å². The third-order valence-electron chi connectivity index (χ3n) is 4.51. The van der Waals surface area contributed by atoms with Crippen LogP contribution in [-0.2, 0) is 10.3 Å². The molecule has 2 aromatic heterocycles. The zero-order valence-corrected chi connectivity index (χ0v) is 16.2. The topological polar surface area (TPSA) is 102 Å². The summed E-state index contributed by atoms with van der Waals surface area (Å²) >= 11 is 1.24. The van der Waals surface area contributed by atoms with Crippen LogP contribution in [0, 0.1) is 0 Å². The first-order chi connectivity index (χ1) is 13.4. The smallest absolute Gasteiger partial charge is 0.266 e. The average Bonchev–Trinajstić information content (AvgIpc) is 3.33. The molecule has 3 aromatic rings. The van der Waals surface area contributed by atoms with E-state index in [2.05, 4.69) is 20.4 Å². The number of carbonyl (C=O) groups is 1. The number of carbonyl (C=O) groups excluding carboxylic acids is 1. The van der Waals surface area contributed by atoms with Crippen molar-refractivity contribution in [3.63, 3.8) is 0 Å². The van der Waals surface area contributed by atoms with Crippen LogP contribution < -0.4 is 24.8 Å². The van der Waals surface area contributed by atoms with Gasteiger partial charge < -0.3 is 15.0 Å². The Kier molecular flexibility index (Phi) is 4.60. The highest BCUT2D eigenvalue weighted by atomic mass is 32.1. The van der Waals surface area contributed by atoms with E-state index < -0.39 is 5.54 Å². The largest absolute Gasteiger partial charge is 0.490 e. The number of H-pyrrole nitrogens is 1. The third kappa shape index (κ3) is 3.48. The quantitative estimate of drug-likeness (QED) is 0.663. The molecule has 2 N–H and O–H groups in total. The second-order valence-corrected chi connectivity index (χ2v) is 7.95. The molecular formula is C19H19N5O3S. The van der Waals surface area contributed by atoms with Crippen molar-refractivity contribution in [1.82, 2.24) is 19.7 Å². The molecule has 0 bridgehead atoms. The van der Waals surface area contributed by atoms with Gasteiger partial charge in [-0.3, -0.25) is 9.59 Å². The van der Waals surface area contributed by atoms with Crippen molar-refractivity contribution < 1.29 is 9.53 Å². The molecule has 8 nitrogen and oxygen atoms in total. The molecule has 0 saturated heterocycles. The molecule has 9 heteroatoms. The second-order valence-electron chi connectivity index (χ2n) is 6.87. The SMILES string of the molecule is CC(C)(C(=O)/C=c1\[nH]c(=O)/c(=C/c2ccc3c(c2)NCCO3)s1)n1cncn1. The Bertz CT molecular complexity index is 1190. The predicted octanol–water partition coefficient (Wildman–Crippen LogP) is 0.446. The lowest BCUT2D eigenvalue weighted by molar-refractivity contribution is -0.120. The van der Waals surface area contributed by atoms with Crippen molar-refractivity contribution in [3.8, 4) is 5.75 Å². The number of rotatable bonds is 4. The molecule has 0 unspecified atom stereocenters. The fourth-order valence-corrected chi connectivity index (χ4v) is 3.71. The van der Waals surface area contributed by atoms with E-state index in [1.54, 1.807) is 19.9 Å². The van der Waals surface area contributed by atoms with E-state index in [-0.39, 0.29) is 11.3 Å². The summed E-state index contributed by atoms with van der Waals surface area (Å²) in [7, 11) is 0. The van der Waals surface area contributed by atoms with Crippen LogP contribution in [0.3, 0.4) is 0 Å². The van der Waals surface area contributed by atoms with Crippen molar-refractivity contribution in [3.05, 3.63) is 56.0 Å². The van der Waals surface area contributed by atoms with Gasteiger partial charge in [0.15, 0.2) is 5.78 Å². The molecule has 0 radical (unpaired) electrons. The number of hydrogen-bond donors (Lipinski definition) is 2. The molecule has 1 aromatic carbocycles. The van der Waals surface area contributed by atoms with Gasteiger partial charge in [-0.05, 0) is 37.6 Å². The fourth-order valence-electron chi connectivity index (χ4n) is 2.83. The molecule has 28 heavy (non-hydrogen) atoms. The first-order valence-corrected chi connectivity index (χ1v) is 9.58. The van der Waals surface area contributed by atoms with Crippen LogP contribution in [0.1, 0.15) is 19.4 Å². The minimum absolute atomic E-state index is 0.183. The number of hydrogen-bond acceptors (Lipinski definition) is 7. The molecule has 0 amide bonds. The van der Waals surface area contributed by atoms with Crippen LogP contribution in [0.15, 0.2) is 35.6 Å². The van der Waals surface area contributed by atoms with E-state index in [4.69, 9.17) is 4.74 Å². The van der Waals surface area contributed by atoms with E-state index >= 15 is 0 Å². The maximum absolute atomic E-state index is 12.7. The molecule has 1 aliphatic heterocycles. The van der Waals surface area contributed by atoms with Gasteiger partial charge in [-0.2, -0.15) is 5.10 Å². The highest BCUT2D eigenvalue weighted by Crippen LogP contribution is 2.28. The van der Waals surface area contributed by atoms with Crippen molar-refractivity contribution in [2.75, 3.05) is 18.5 Å². The van der Waals surface area contributed by atoms with Crippen LogP contribution in [0.25, 0.3) is 12.2 Å². The highest BCUT2D eigenvalue weighted by molar-refractivity contribution is 7.07. The van der Waals surface area contributed by atoms with Crippen molar-refractivity contribution in [2.24, 2.45) is 0 Å². The molecule has 0 saturated carbocycles. The Balaban J connectivity index is 1.67. The standard InChI is InChI=1S/C19H19N5O3S/c1-19(2,24-11-20-10-22-24)16(25)9-17-23-18(26)15(28-17)8-12-3-4-14-13(7-12)21-5-6-27-14/h3-4,7-11,21H,5-6H2,1-2H3,(H,23,26)/b15-8-,17-9+. The van der Waals surface area contributed by atoms with Gasteiger partial charge in [0.05, 0.1) is 14.9 Å². The summed E-state index contributed by atoms with van der Waals surface area (Å²) in [5.41, 5.74) is 0.657. The first kappa shape index (κ1) is 18.2. The number of fused-ring (bicyclic) bond motifs is 1. The minimum Gasteiger partial charge on any atom is -0.490 e. The van der Waals surface area contributed by atoms with E-state index in [9.17, 15) is 9.59 Å². The molecule has 3 heterocycles. The molecule has 144 valence electrons. The van der Waals surface area contributed by atoms with Gasteiger partial charge in [-0.15, -0.1) is 11.3 Å². The Hall–Kier alpha value is -3.20. The Morgan fingerprint density at radius 1 is 1.39 bits per heavy atom. The number of aromatic nitrogens is 4. The van der Waals surface area contributed by atoms with Gasteiger partial charge >= 0.3 is 0 Å². The maximum Gasteiger partial charge on any atom is 0.266 e. The Morgan fingerprint density at radius 2 is 2.25 bits per heavy atom. The maximum atomic E-state index is 12.7. The molecule has 1 aliphatic rings. The summed E-state index contributed by atoms with van der Waals surface area (Å²) in [6, 6.07) is 5.72. The number of anilines is 1.